The van der Waals surface area contributed by atoms with Gasteiger partial charge in [-0.05, 0) is 36.0 Å². The molecule has 3 fully saturated rings. The monoisotopic (exact) mass is 466 g/mol. The van der Waals surface area contributed by atoms with E-state index in [1.807, 2.05) is 4.90 Å². The summed E-state index contributed by atoms with van der Waals surface area (Å²) in [5.74, 6) is 0.888. The van der Waals surface area contributed by atoms with Gasteiger partial charge in [0.05, 0.1) is 31.3 Å². The van der Waals surface area contributed by atoms with Crippen LogP contribution in [-0.4, -0.2) is 91.0 Å². The Morgan fingerprint density at radius 1 is 1.12 bits per heavy atom. The van der Waals surface area contributed by atoms with Gasteiger partial charge in [-0.25, -0.2) is 4.79 Å². The van der Waals surface area contributed by atoms with Crippen LogP contribution in [0.25, 0.3) is 0 Å². The van der Waals surface area contributed by atoms with Gasteiger partial charge in [-0.1, -0.05) is 12.1 Å². The van der Waals surface area contributed by atoms with E-state index in [-0.39, 0.29) is 11.9 Å². The number of carbonyl (C=O) groups is 2. The fraction of sp³-hybridized carbons (Fsp3) is 0.560. The molecule has 1 aromatic carbocycles. The van der Waals surface area contributed by atoms with E-state index in [1.165, 1.54) is 33.3 Å². The van der Waals surface area contributed by atoms with Crippen LogP contribution < -0.4 is 9.80 Å². The van der Waals surface area contributed by atoms with Crippen LogP contribution >= 0.6 is 0 Å². The molecule has 0 radical (unpaired) electrons. The number of anilines is 2. The van der Waals surface area contributed by atoms with E-state index in [0.717, 1.165) is 59.0 Å². The van der Waals surface area contributed by atoms with Crippen LogP contribution in [0.2, 0.25) is 0 Å². The fourth-order valence-corrected chi connectivity index (χ4v) is 5.45. The second kappa shape index (κ2) is 9.38. The van der Waals surface area contributed by atoms with Crippen LogP contribution in [-0.2, 0) is 16.1 Å². The standard InChI is InChI=1S/C25H34N6O3/c1-18-4-5-20(10-24(18)29-6-8-34-9-7-29)12-28-13-21-15-30(16-22(21)14-28)25(33)31-17-23(11-26-31)27(3)19(2)32/h4-5,10-11,17,21-22H,6-9,12-16H2,1-3H3. The molecule has 0 spiro atoms. The summed E-state index contributed by atoms with van der Waals surface area (Å²) in [6.07, 6.45) is 3.19. The minimum Gasteiger partial charge on any atom is -0.378 e. The summed E-state index contributed by atoms with van der Waals surface area (Å²) in [5, 5.41) is 4.19. The Kier molecular flexibility index (Phi) is 6.31. The molecule has 34 heavy (non-hydrogen) atoms. The lowest BCUT2D eigenvalue weighted by atomic mass is 10.0. The van der Waals surface area contributed by atoms with Crippen molar-refractivity contribution < 1.29 is 14.3 Å². The molecule has 2 unspecified atom stereocenters. The van der Waals surface area contributed by atoms with Crippen LogP contribution in [0.4, 0.5) is 16.2 Å². The number of hydrogen-bond donors (Lipinski definition) is 0. The van der Waals surface area contributed by atoms with Crippen molar-refractivity contribution in [2.24, 2.45) is 11.8 Å². The first-order chi connectivity index (χ1) is 16.4. The predicted octanol–water partition coefficient (Wildman–Crippen LogP) is 2.04. The van der Waals surface area contributed by atoms with E-state index in [0.29, 0.717) is 17.5 Å². The summed E-state index contributed by atoms with van der Waals surface area (Å²) in [6.45, 7) is 11.6. The number of ether oxygens (including phenoxy) is 1. The average Bonchev–Trinajstić information content (AvgIpc) is 3.55. The zero-order valence-electron chi connectivity index (χ0n) is 20.3. The Hall–Kier alpha value is -2.91. The molecule has 5 rings (SSSR count). The number of hydrogen-bond acceptors (Lipinski definition) is 6. The molecule has 1 aromatic heterocycles. The number of likely N-dealkylation sites (tertiary alicyclic amines) is 2. The fourth-order valence-electron chi connectivity index (χ4n) is 5.45. The lowest BCUT2D eigenvalue weighted by molar-refractivity contribution is -0.116. The highest BCUT2D eigenvalue weighted by molar-refractivity contribution is 5.91. The van der Waals surface area contributed by atoms with Gasteiger partial charge in [0.25, 0.3) is 0 Å². The largest absolute Gasteiger partial charge is 0.378 e. The quantitative estimate of drug-likeness (QED) is 0.687. The van der Waals surface area contributed by atoms with E-state index in [9.17, 15) is 9.59 Å². The number of amides is 2. The Bertz CT molecular complexity index is 1050. The molecular formula is C25H34N6O3. The van der Waals surface area contributed by atoms with E-state index in [4.69, 9.17) is 4.74 Å². The van der Waals surface area contributed by atoms with Gasteiger partial charge in [0.1, 0.15) is 0 Å². The van der Waals surface area contributed by atoms with Crippen molar-refractivity contribution >= 4 is 23.3 Å². The average molecular weight is 467 g/mol. The third-order valence-corrected chi connectivity index (χ3v) is 7.49. The van der Waals surface area contributed by atoms with Crippen molar-refractivity contribution in [1.29, 1.82) is 0 Å². The number of morpholine rings is 1. The molecule has 2 aromatic rings. The number of aromatic nitrogens is 2. The predicted molar refractivity (Wildman–Crippen MR) is 130 cm³/mol. The summed E-state index contributed by atoms with van der Waals surface area (Å²) >= 11 is 0. The van der Waals surface area contributed by atoms with Crippen molar-refractivity contribution in [3.63, 3.8) is 0 Å². The molecular weight excluding hydrogens is 432 g/mol. The van der Waals surface area contributed by atoms with Gasteiger partial charge >= 0.3 is 6.03 Å². The first-order valence-corrected chi connectivity index (χ1v) is 12.1. The summed E-state index contributed by atoms with van der Waals surface area (Å²) in [4.78, 5) is 32.9. The molecule has 2 atom stereocenters. The van der Waals surface area contributed by atoms with E-state index >= 15 is 0 Å². The summed E-state index contributed by atoms with van der Waals surface area (Å²) in [7, 11) is 1.68. The van der Waals surface area contributed by atoms with Gasteiger partial charge in [-0.2, -0.15) is 9.78 Å². The number of aryl methyl sites for hydroxylation is 1. The number of fused-ring (bicyclic) bond motifs is 1. The maximum absolute atomic E-state index is 13.0. The normalized spacial score (nSPS) is 22.8. The van der Waals surface area contributed by atoms with Gasteiger partial charge in [0, 0.05) is 65.5 Å². The molecule has 182 valence electrons. The highest BCUT2D eigenvalue weighted by Crippen LogP contribution is 2.33. The van der Waals surface area contributed by atoms with Crippen LogP contribution in [0, 0.1) is 18.8 Å². The Balaban J connectivity index is 1.18. The molecule has 3 aliphatic heterocycles. The molecule has 9 heteroatoms. The third kappa shape index (κ3) is 4.54. The zero-order valence-corrected chi connectivity index (χ0v) is 20.3. The van der Waals surface area contributed by atoms with Crippen molar-refractivity contribution in [3.05, 3.63) is 41.7 Å². The van der Waals surface area contributed by atoms with E-state index in [2.05, 4.69) is 40.0 Å². The number of benzene rings is 1. The number of rotatable bonds is 4. The molecule has 0 bridgehead atoms. The van der Waals surface area contributed by atoms with Crippen molar-refractivity contribution in [2.45, 2.75) is 20.4 Å². The summed E-state index contributed by atoms with van der Waals surface area (Å²) < 4.78 is 6.87. The second-order valence-corrected chi connectivity index (χ2v) is 9.84. The third-order valence-electron chi connectivity index (χ3n) is 7.49. The molecule has 0 N–H and O–H groups in total. The first-order valence-electron chi connectivity index (χ1n) is 12.1. The highest BCUT2D eigenvalue weighted by Gasteiger charge is 2.42. The minimum atomic E-state index is -0.113. The zero-order chi connectivity index (χ0) is 23.8. The molecule has 0 saturated carbocycles. The Labute approximate surface area is 200 Å². The van der Waals surface area contributed by atoms with Crippen LogP contribution in [0.15, 0.2) is 30.6 Å². The summed E-state index contributed by atoms with van der Waals surface area (Å²) in [6, 6.07) is 6.71. The van der Waals surface area contributed by atoms with Crippen molar-refractivity contribution in [3.8, 4) is 0 Å². The topological polar surface area (TPSA) is 74.2 Å². The lowest BCUT2D eigenvalue weighted by Crippen LogP contribution is -2.37. The molecule has 4 heterocycles. The minimum absolute atomic E-state index is 0.0894. The molecule has 3 aliphatic rings. The van der Waals surface area contributed by atoms with Crippen LogP contribution in [0.1, 0.15) is 18.1 Å². The van der Waals surface area contributed by atoms with Gasteiger partial charge < -0.3 is 19.4 Å². The molecule has 3 saturated heterocycles. The van der Waals surface area contributed by atoms with Crippen molar-refractivity contribution in [1.82, 2.24) is 19.6 Å². The second-order valence-electron chi connectivity index (χ2n) is 9.84. The maximum atomic E-state index is 13.0. The van der Waals surface area contributed by atoms with E-state index in [1.54, 1.807) is 19.4 Å². The Morgan fingerprint density at radius 3 is 2.50 bits per heavy atom. The summed E-state index contributed by atoms with van der Waals surface area (Å²) in [5.41, 5.74) is 4.61. The van der Waals surface area contributed by atoms with Crippen LogP contribution in [0.3, 0.4) is 0 Å². The SMILES string of the molecule is CC(=O)N(C)c1cnn(C(=O)N2CC3CN(Cc4ccc(C)c(N5CCOCC5)c4)CC3C2)c1. The smallest absolute Gasteiger partial charge is 0.344 e. The molecule has 0 aliphatic carbocycles. The highest BCUT2D eigenvalue weighted by atomic mass is 16.5. The lowest BCUT2D eigenvalue weighted by Gasteiger charge is -2.31. The Morgan fingerprint density at radius 2 is 1.82 bits per heavy atom. The van der Waals surface area contributed by atoms with Gasteiger partial charge in [0.2, 0.25) is 5.91 Å². The van der Waals surface area contributed by atoms with Gasteiger partial charge in [0.15, 0.2) is 0 Å². The van der Waals surface area contributed by atoms with Gasteiger partial charge in [-0.3, -0.25) is 9.69 Å². The molecule has 2 amide bonds. The van der Waals surface area contributed by atoms with Gasteiger partial charge in [-0.15, -0.1) is 0 Å². The van der Waals surface area contributed by atoms with Crippen LogP contribution in [0.5, 0.6) is 0 Å². The maximum Gasteiger partial charge on any atom is 0.344 e. The number of nitrogens with zero attached hydrogens (tertiary/aromatic N) is 6. The first kappa shape index (κ1) is 22.9. The van der Waals surface area contributed by atoms with E-state index < -0.39 is 0 Å². The van der Waals surface area contributed by atoms with Crippen molar-refractivity contribution in [2.75, 3.05) is 69.3 Å². The molecule has 9 nitrogen and oxygen atoms in total. The number of carbonyl (C=O) groups excluding carboxylic acids is 2.